The van der Waals surface area contributed by atoms with E-state index in [9.17, 15) is 13.2 Å². The summed E-state index contributed by atoms with van der Waals surface area (Å²) in [5, 5.41) is 6.37. The average Bonchev–Trinajstić information content (AvgIpc) is 3.82. The molecule has 1 saturated carbocycles. The van der Waals surface area contributed by atoms with Gasteiger partial charge in [0.1, 0.15) is 17.7 Å². The number of hydrogen-bond acceptors (Lipinski definition) is 8. The number of amides is 1. The molecule has 0 saturated heterocycles. The second-order valence-electron chi connectivity index (χ2n) is 10.7. The Kier molecular flexibility index (Phi) is 8.72. The number of nitrogen functional groups attached to an aromatic ring is 1. The molecule has 11 heteroatoms. The van der Waals surface area contributed by atoms with Gasteiger partial charge in [0, 0.05) is 18.4 Å². The van der Waals surface area contributed by atoms with Gasteiger partial charge < -0.3 is 25.8 Å². The van der Waals surface area contributed by atoms with Gasteiger partial charge in [-0.15, -0.1) is 0 Å². The van der Waals surface area contributed by atoms with Gasteiger partial charge in [-0.3, -0.25) is 4.79 Å². The molecule has 1 aromatic heterocycles. The van der Waals surface area contributed by atoms with Crippen molar-refractivity contribution >= 4 is 38.0 Å². The minimum Gasteiger partial charge on any atom is -0.490 e. The van der Waals surface area contributed by atoms with Gasteiger partial charge in [-0.2, -0.15) is 0 Å². The zero-order chi connectivity index (χ0) is 30.7. The van der Waals surface area contributed by atoms with Crippen LogP contribution in [0, 0.1) is 5.82 Å². The molecule has 1 aliphatic carbocycles. The summed E-state index contributed by atoms with van der Waals surface area (Å²) in [7, 11) is -3.48. The van der Waals surface area contributed by atoms with Crippen LogP contribution in [-0.4, -0.2) is 37.3 Å². The number of benzene rings is 3. The number of hydrogen-bond donors (Lipinski definition) is 3. The molecular formula is C32H35FN4O5S. The molecule has 226 valence electrons. The lowest BCUT2D eigenvalue weighted by Gasteiger charge is -2.23. The van der Waals surface area contributed by atoms with Crippen molar-refractivity contribution in [1.29, 1.82) is 0 Å². The van der Waals surface area contributed by atoms with Gasteiger partial charge in [0.25, 0.3) is 0 Å². The van der Waals surface area contributed by atoms with Crippen molar-refractivity contribution in [2.75, 3.05) is 17.7 Å². The van der Waals surface area contributed by atoms with Gasteiger partial charge in [0.15, 0.2) is 21.3 Å². The lowest BCUT2D eigenvalue weighted by atomic mass is 10.0. The normalized spacial score (nSPS) is 14.0. The molecule has 1 heterocycles. The number of carbonyl (C=O) groups excluding carboxylic acids is 1. The number of nitrogens with two attached hydrogens (primary N) is 1. The molecular weight excluding hydrogens is 571 g/mol. The maximum Gasteiger partial charge on any atom is 0.247 e. The number of halogens is 1. The van der Waals surface area contributed by atoms with Crippen molar-refractivity contribution in [3.63, 3.8) is 0 Å². The summed E-state index contributed by atoms with van der Waals surface area (Å²) in [6.07, 6.45) is 2.66. The first-order valence-electron chi connectivity index (χ1n) is 14.2. The highest BCUT2D eigenvalue weighted by Gasteiger charge is 2.38. The lowest BCUT2D eigenvalue weighted by molar-refractivity contribution is -0.122. The predicted molar refractivity (Wildman–Crippen MR) is 164 cm³/mol. The molecule has 43 heavy (non-hydrogen) atoms. The number of rotatable bonds is 12. The summed E-state index contributed by atoms with van der Waals surface area (Å²) >= 11 is 0. The van der Waals surface area contributed by atoms with E-state index in [1.165, 1.54) is 12.3 Å². The van der Waals surface area contributed by atoms with E-state index in [2.05, 4.69) is 15.6 Å². The largest absolute Gasteiger partial charge is 0.490 e. The maximum absolute atomic E-state index is 15.1. The number of nitrogens with zero attached hydrogens (tertiary/aromatic N) is 1. The van der Waals surface area contributed by atoms with E-state index in [0.29, 0.717) is 53.1 Å². The highest BCUT2D eigenvalue weighted by atomic mass is 32.2. The third-order valence-corrected chi connectivity index (χ3v) is 9.44. The van der Waals surface area contributed by atoms with Crippen LogP contribution >= 0.6 is 0 Å². The second-order valence-corrected chi connectivity index (χ2v) is 12.9. The highest BCUT2D eigenvalue weighted by molar-refractivity contribution is 7.92. The van der Waals surface area contributed by atoms with E-state index >= 15 is 4.39 Å². The molecule has 5 rings (SSSR count). The van der Waals surface area contributed by atoms with Crippen LogP contribution in [0.2, 0.25) is 0 Å². The fourth-order valence-corrected chi connectivity index (χ4v) is 6.83. The van der Waals surface area contributed by atoms with E-state index in [1.807, 2.05) is 20.8 Å². The number of nitrogens with one attached hydrogen (secondary N) is 2. The van der Waals surface area contributed by atoms with Gasteiger partial charge in [0.05, 0.1) is 28.2 Å². The first-order valence-corrected chi connectivity index (χ1v) is 15.8. The summed E-state index contributed by atoms with van der Waals surface area (Å²) in [6.45, 7) is 6.01. The zero-order valence-corrected chi connectivity index (χ0v) is 25.1. The van der Waals surface area contributed by atoms with Crippen LogP contribution in [0.1, 0.15) is 50.8 Å². The SMILES string of the molecule is CCOc1cc(C(Nc2cc(F)c3c(N)nccc3c2)C(=O)NCc2ccccc2S(=O)(=O)C2CC2)ccc1OC(C)C. The zero-order valence-electron chi connectivity index (χ0n) is 24.3. The van der Waals surface area contributed by atoms with E-state index < -0.39 is 27.6 Å². The van der Waals surface area contributed by atoms with E-state index in [-0.39, 0.29) is 34.0 Å². The van der Waals surface area contributed by atoms with Crippen molar-refractivity contribution in [3.8, 4) is 11.5 Å². The van der Waals surface area contributed by atoms with E-state index in [0.717, 1.165) is 0 Å². The van der Waals surface area contributed by atoms with Crippen LogP contribution in [0.15, 0.2) is 71.8 Å². The maximum atomic E-state index is 15.1. The lowest BCUT2D eigenvalue weighted by Crippen LogP contribution is -2.33. The van der Waals surface area contributed by atoms with Crippen molar-refractivity contribution < 1.29 is 27.1 Å². The number of aromatic nitrogens is 1. The standard InChI is InChI=1S/C32H35FN4O5S/c1-4-41-27-16-21(9-12-26(27)42-19(2)3)30(37-23-15-20-13-14-35-31(34)29(20)25(33)17-23)32(38)36-18-22-7-5-6-8-28(22)43(39,40)24-10-11-24/h5-9,12-17,19,24,30,37H,4,10-11,18H2,1-3H3,(H2,34,35)(H,36,38). The minimum atomic E-state index is -3.48. The van der Waals surface area contributed by atoms with Crippen LogP contribution in [0.4, 0.5) is 15.9 Å². The quantitative estimate of drug-likeness (QED) is 0.191. The Bertz CT molecular complexity index is 1760. The highest BCUT2D eigenvalue weighted by Crippen LogP contribution is 2.36. The van der Waals surface area contributed by atoms with Gasteiger partial charge in [-0.25, -0.2) is 17.8 Å². The molecule has 0 spiro atoms. The van der Waals surface area contributed by atoms with Gasteiger partial charge in [-0.1, -0.05) is 24.3 Å². The molecule has 0 bridgehead atoms. The van der Waals surface area contributed by atoms with Crippen LogP contribution in [0.25, 0.3) is 10.8 Å². The fraction of sp³-hybridized carbons (Fsp3) is 0.312. The summed E-state index contributed by atoms with van der Waals surface area (Å²) in [5.41, 5.74) is 7.27. The van der Waals surface area contributed by atoms with Gasteiger partial charge in [-0.05, 0) is 86.5 Å². The molecule has 1 aliphatic rings. The summed E-state index contributed by atoms with van der Waals surface area (Å²) in [4.78, 5) is 18.0. The molecule has 4 N–H and O–H groups in total. The Morgan fingerprint density at radius 3 is 2.58 bits per heavy atom. The number of carbonyl (C=O) groups is 1. The van der Waals surface area contributed by atoms with E-state index in [4.69, 9.17) is 15.2 Å². The predicted octanol–water partition coefficient (Wildman–Crippen LogP) is 5.55. The Labute approximate surface area is 250 Å². The Morgan fingerprint density at radius 2 is 1.86 bits per heavy atom. The number of ether oxygens (including phenoxy) is 2. The summed E-state index contributed by atoms with van der Waals surface area (Å²) < 4.78 is 52.9. The summed E-state index contributed by atoms with van der Waals surface area (Å²) in [6, 6.07) is 15.4. The first kappa shape index (κ1) is 30.1. The van der Waals surface area contributed by atoms with Crippen molar-refractivity contribution in [2.45, 2.75) is 62.4 Å². The Hall–Kier alpha value is -4.38. The molecule has 9 nitrogen and oxygen atoms in total. The third-order valence-electron chi connectivity index (χ3n) is 7.08. The monoisotopic (exact) mass is 606 g/mol. The van der Waals surface area contributed by atoms with Crippen LogP contribution in [0.3, 0.4) is 0 Å². The summed E-state index contributed by atoms with van der Waals surface area (Å²) in [5.74, 6) is 0.0159. The number of sulfone groups is 1. The number of fused-ring (bicyclic) bond motifs is 1. The minimum absolute atomic E-state index is 0.0136. The smallest absolute Gasteiger partial charge is 0.247 e. The number of anilines is 2. The molecule has 0 radical (unpaired) electrons. The fourth-order valence-electron chi connectivity index (χ4n) is 4.94. The topological polar surface area (TPSA) is 133 Å². The number of pyridine rings is 1. The van der Waals surface area contributed by atoms with Crippen LogP contribution < -0.4 is 25.8 Å². The van der Waals surface area contributed by atoms with E-state index in [1.54, 1.807) is 54.6 Å². The first-order chi connectivity index (χ1) is 20.6. The van der Waals surface area contributed by atoms with Crippen molar-refractivity contribution in [2.24, 2.45) is 0 Å². The van der Waals surface area contributed by atoms with Crippen molar-refractivity contribution in [3.05, 3.63) is 83.8 Å². The molecule has 0 aliphatic heterocycles. The molecule has 1 atom stereocenters. The third kappa shape index (κ3) is 6.67. The average molecular weight is 607 g/mol. The van der Waals surface area contributed by atoms with Gasteiger partial charge >= 0.3 is 0 Å². The molecule has 1 fully saturated rings. The molecule has 1 unspecified atom stereocenters. The molecule has 1 amide bonds. The van der Waals surface area contributed by atoms with Crippen molar-refractivity contribution in [1.82, 2.24) is 10.3 Å². The molecule has 3 aromatic carbocycles. The molecule has 4 aromatic rings. The van der Waals surface area contributed by atoms with Gasteiger partial charge in [0.2, 0.25) is 5.91 Å². The van der Waals surface area contributed by atoms with Crippen LogP contribution in [0.5, 0.6) is 11.5 Å². The van der Waals surface area contributed by atoms with Crippen LogP contribution in [-0.2, 0) is 21.2 Å². The Balaban J connectivity index is 1.49. The Morgan fingerprint density at radius 1 is 1.09 bits per heavy atom. The second kappa shape index (κ2) is 12.5.